The highest BCUT2D eigenvalue weighted by atomic mass is 16.5. The third-order valence-corrected chi connectivity index (χ3v) is 8.34. The van der Waals surface area contributed by atoms with Crippen LogP contribution in [-0.2, 0) is 24.2 Å². The van der Waals surface area contributed by atoms with Gasteiger partial charge in [0.1, 0.15) is 17.3 Å². The zero-order chi connectivity index (χ0) is 31.3. The zero-order valence-corrected chi connectivity index (χ0v) is 26.0. The van der Waals surface area contributed by atoms with Crippen molar-refractivity contribution in [1.82, 2.24) is 24.9 Å². The van der Waals surface area contributed by atoms with E-state index < -0.39 is 0 Å². The van der Waals surface area contributed by atoms with E-state index in [1.807, 2.05) is 61.2 Å². The molecule has 3 aromatic heterocycles. The van der Waals surface area contributed by atoms with Crippen molar-refractivity contribution in [1.29, 1.82) is 0 Å². The van der Waals surface area contributed by atoms with Gasteiger partial charge in [0.25, 0.3) is 0 Å². The van der Waals surface area contributed by atoms with Crippen LogP contribution in [0.1, 0.15) is 16.7 Å². The predicted molar refractivity (Wildman–Crippen MR) is 177 cm³/mol. The van der Waals surface area contributed by atoms with E-state index in [4.69, 9.17) is 34.1 Å². The number of anilines is 4. The molecule has 0 saturated carbocycles. The molecule has 0 radical (unpaired) electrons. The lowest BCUT2D eigenvalue weighted by atomic mass is 10.1. The van der Waals surface area contributed by atoms with Gasteiger partial charge in [0.15, 0.2) is 0 Å². The fourth-order valence-electron chi connectivity index (χ4n) is 5.87. The zero-order valence-electron chi connectivity index (χ0n) is 26.0. The van der Waals surface area contributed by atoms with Crippen LogP contribution in [0.5, 0.6) is 11.5 Å². The molecular formula is C35H36N8O3. The summed E-state index contributed by atoms with van der Waals surface area (Å²) in [4.78, 5) is 30.8. The molecular weight excluding hydrogens is 580 g/mol. The molecule has 234 valence electrons. The first-order valence-electron chi connectivity index (χ1n) is 15.4. The van der Waals surface area contributed by atoms with Crippen molar-refractivity contribution in [2.24, 2.45) is 0 Å². The monoisotopic (exact) mass is 616 g/mol. The van der Waals surface area contributed by atoms with Crippen LogP contribution in [0.25, 0.3) is 11.3 Å². The van der Waals surface area contributed by atoms with Gasteiger partial charge in [-0.15, -0.1) is 0 Å². The quantitative estimate of drug-likeness (QED) is 0.210. The van der Waals surface area contributed by atoms with E-state index in [0.717, 1.165) is 77.0 Å². The molecule has 0 unspecified atom stereocenters. The standard InChI is InChI=1S/C35H36N8O3/c1-44-29-7-3-25(4-8-29)23-42(24-26-5-9-30(45-2)10-6-26)34-37-21-27(22-38-34)32-31-13-16-43(28-11-14-36-15-12-28)33(31)40-35(39-32)41-17-19-46-20-18-41/h3-12,14-15,21-22H,13,16-20,23-24H2,1-2H3. The van der Waals surface area contributed by atoms with Gasteiger partial charge in [0.05, 0.1) is 33.1 Å². The Hall–Kier alpha value is -5.29. The Morgan fingerprint density at radius 3 is 1.96 bits per heavy atom. The van der Waals surface area contributed by atoms with Crippen LogP contribution < -0.4 is 24.2 Å². The van der Waals surface area contributed by atoms with Crippen LogP contribution in [0.15, 0.2) is 85.5 Å². The largest absolute Gasteiger partial charge is 0.497 e. The van der Waals surface area contributed by atoms with E-state index >= 15 is 0 Å². The Morgan fingerprint density at radius 1 is 0.761 bits per heavy atom. The van der Waals surface area contributed by atoms with Crippen molar-refractivity contribution in [3.05, 3.63) is 102 Å². The Bertz CT molecular complexity index is 1700. The summed E-state index contributed by atoms with van der Waals surface area (Å²) in [5.74, 6) is 3.89. The summed E-state index contributed by atoms with van der Waals surface area (Å²) in [5.41, 5.74) is 6.14. The number of aromatic nitrogens is 5. The molecule has 11 nitrogen and oxygen atoms in total. The number of ether oxygens (including phenoxy) is 3. The van der Waals surface area contributed by atoms with E-state index in [1.165, 1.54) is 0 Å². The van der Waals surface area contributed by atoms with Crippen molar-refractivity contribution < 1.29 is 14.2 Å². The van der Waals surface area contributed by atoms with Gasteiger partial charge in [-0.1, -0.05) is 24.3 Å². The smallest absolute Gasteiger partial charge is 0.228 e. The first-order valence-corrected chi connectivity index (χ1v) is 15.4. The van der Waals surface area contributed by atoms with Gasteiger partial charge in [-0.3, -0.25) is 4.98 Å². The molecule has 0 atom stereocenters. The summed E-state index contributed by atoms with van der Waals surface area (Å²) in [6, 6.07) is 20.2. The fraction of sp³-hybridized carbons (Fsp3) is 0.286. The van der Waals surface area contributed by atoms with Crippen LogP contribution in [0, 0.1) is 0 Å². The summed E-state index contributed by atoms with van der Waals surface area (Å²) in [5, 5.41) is 0. The highest BCUT2D eigenvalue weighted by Crippen LogP contribution is 2.39. The molecule has 2 aromatic carbocycles. The maximum Gasteiger partial charge on any atom is 0.228 e. The van der Waals surface area contributed by atoms with Crippen LogP contribution in [-0.4, -0.2) is 72.0 Å². The minimum Gasteiger partial charge on any atom is -0.497 e. The maximum atomic E-state index is 5.61. The van der Waals surface area contributed by atoms with E-state index in [0.29, 0.717) is 38.2 Å². The molecule has 46 heavy (non-hydrogen) atoms. The van der Waals surface area contributed by atoms with E-state index in [-0.39, 0.29) is 0 Å². The molecule has 0 aliphatic carbocycles. The molecule has 5 aromatic rings. The summed E-state index contributed by atoms with van der Waals surface area (Å²) >= 11 is 0. The van der Waals surface area contributed by atoms with Gasteiger partial charge < -0.3 is 28.9 Å². The summed E-state index contributed by atoms with van der Waals surface area (Å²) in [6.07, 6.45) is 8.22. The lowest BCUT2D eigenvalue weighted by Crippen LogP contribution is -2.37. The number of rotatable bonds is 10. The number of hydrogen-bond acceptors (Lipinski definition) is 11. The molecule has 11 heteroatoms. The lowest BCUT2D eigenvalue weighted by Gasteiger charge is -2.28. The van der Waals surface area contributed by atoms with Crippen molar-refractivity contribution in [3.8, 4) is 22.8 Å². The SMILES string of the molecule is COc1ccc(CN(Cc2ccc(OC)cc2)c2ncc(-c3nc(N4CCOCC4)nc4c3CCN4c3ccncc3)cn2)cc1. The predicted octanol–water partition coefficient (Wildman–Crippen LogP) is 5.08. The number of benzene rings is 2. The van der Waals surface area contributed by atoms with Crippen LogP contribution >= 0.6 is 0 Å². The molecule has 0 bridgehead atoms. The first kappa shape index (κ1) is 29.4. The molecule has 2 aliphatic heterocycles. The molecule has 0 amide bonds. The normalized spacial score (nSPS) is 14.2. The average molecular weight is 617 g/mol. The van der Waals surface area contributed by atoms with Crippen molar-refractivity contribution in [2.45, 2.75) is 19.5 Å². The highest BCUT2D eigenvalue weighted by molar-refractivity contribution is 5.76. The second-order valence-corrected chi connectivity index (χ2v) is 11.2. The lowest BCUT2D eigenvalue weighted by molar-refractivity contribution is 0.122. The maximum absolute atomic E-state index is 5.61. The minimum absolute atomic E-state index is 0.625. The molecule has 1 fully saturated rings. The molecule has 0 N–H and O–H groups in total. The van der Waals surface area contributed by atoms with Gasteiger partial charge in [-0.05, 0) is 53.9 Å². The third kappa shape index (κ3) is 6.27. The third-order valence-electron chi connectivity index (χ3n) is 8.34. The number of methoxy groups -OCH3 is 2. The van der Waals surface area contributed by atoms with Crippen LogP contribution in [0.4, 0.5) is 23.4 Å². The second kappa shape index (κ2) is 13.4. The van der Waals surface area contributed by atoms with Crippen molar-refractivity contribution >= 4 is 23.4 Å². The number of fused-ring (bicyclic) bond motifs is 1. The Labute approximate surface area is 268 Å². The summed E-state index contributed by atoms with van der Waals surface area (Å²) in [6.45, 7) is 4.85. The molecule has 1 saturated heterocycles. The van der Waals surface area contributed by atoms with E-state index in [9.17, 15) is 0 Å². The fourth-order valence-corrected chi connectivity index (χ4v) is 5.87. The van der Waals surface area contributed by atoms with Crippen LogP contribution in [0.2, 0.25) is 0 Å². The first-order chi connectivity index (χ1) is 22.7. The van der Waals surface area contributed by atoms with Gasteiger partial charge in [-0.2, -0.15) is 4.98 Å². The minimum atomic E-state index is 0.625. The molecule has 0 spiro atoms. The number of nitrogens with zero attached hydrogens (tertiary/aromatic N) is 8. The second-order valence-electron chi connectivity index (χ2n) is 11.2. The highest BCUT2D eigenvalue weighted by Gasteiger charge is 2.29. The van der Waals surface area contributed by atoms with Gasteiger partial charge in [0, 0.05) is 74.3 Å². The van der Waals surface area contributed by atoms with Crippen LogP contribution in [0.3, 0.4) is 0 Å². The molecule has 5 heterocycles. The number of hydrogen-bond donors (Lipinski definition) is 0. The van der Waals surface area contributed by atoms with Gasteiger partial charge >= 0.3 is 0 Å². The summed E-state index contributed by atoms with van der Waals surface area (Å²) < 4.78 is 16.3. The summed E-state index contributed by atoms with van der Waals surface area (Å²) in [7, 11) is 3.35. The van der Waals surface area contributed by atoms with Crippen molar-refractivity contribution in [2.75, 3.05) is 61.8 Å². The Morgan fingerprint density at radius 2 is 1.37 bits per heavy atom. The Kier molecular flexibility index (Phi) is 8.55. The molecule has 7 rings (SSSR count). The van der Waals surface area contributed by atoms with E-state index in [2.05, 4.69) is 43.9 Å². The number of morpholine rings is 1. The topological polar surface area (TPSA) is 102 Å². The van der Waals surface area contributed by atoms with Gasteiger partial charge in [0.2, 0.25) is 11.9 Å². The van der Waals surface area contributed by atoms with E-state index in [1.54, 1.807) is 14.2 Å². The van der Waals surface area contributed by atoms with Crippen molar-refractivity contribution in [3.63, 3.8) is 0 Å². The Balaban J connectivity index is 1.23. The molecule has 2 aliphatic rings. The number of pyridine rings is 1. The average Bonchev–Trinajstić information content (AvgIpc) is 3.57. The van der Waals surface area contributed by atoms with Gasteiger partial charge in [-0.25, -0.2) is 15.0 Å².